The number of carbonyl (C=O) groups excluding carboxylic acids is 3. The molecule has 1 atom stereocenters. The normalized spacial score (nSPS) is 12.0. The summed E-state index contributed by atoms with van der Waals surface area (Å²) in [6, 6.07) is 0. The summed E-state index contributed by atoms with van der Waals surface area (Å²) in [6.07, 6.45) is 76.9. The quantitative estimate of drug-likeness (QED) is 0.0261. The van der Waals surface area contributed by atoms with Gasteiger partial charge in [0.2, 0.25) is 0 Å². The first kappa shape index (κ1) is 73.2. The van der Waals surface area contributed by atoms with Gasteiger partial charge in [-0.05, 0) is 44.9 Å². The molecule has 0 aliphatic heterocycles. The topological polar surface area (TPSA) is 78.9 Å². The van der Waals surface area contributed by atoms with Gasteiger partial charge in [-0.2, -0.15) is 0 Å². The van der Waals surface area contributed by atoms with Crippen molar-refractivity contribution in [1.82, 2.24) is 0 Å². The number of carbonyl (C=O) groups is 3. The van der Waals surface area contributed by atoms with Crippen LogP contribution in [0.1, 0.15) is 393 Å². The van der Waals surface area contributed by atoms with Crippen LogP contribution >= 0.6 is 0 Å². The Labute approximate surface area is 469 Å². The van der Waals surface area contributed by atoms with Crippen LogP contribution in [0.2, 0.25) is 0 Å². The molecule has 0 aromatic rings. The van der Waals surface area contributed by atoms with Crippen molar-refractivity contribution in [3.63, 3.8) is 0 Å². The Balaban J connectivity index is 4.04. The molecule has 0 N–H and O–H groups in total. The largest absolute Gasteiger partial charge is 0.462 e. The van der Waals surface area contributed by atoms with Crippen LogP contribution in [0.15, 0.2) is 12.2 Å². The molecule has 0 aliphatic rings. The summed E-state index contributed by atoms with van der Waals surface area (Å²) in [4.78, 5) is 38.2. The molecule has 0 fully saturated rings. The van der Waals surface area contributed by atoms with Gasteiger partial charge in [-0.1, -0.05) is 341 Å². The molecule has 0 saturated heterocycles. The Kier molecular flexibility index (Phi) is 63.1. The smallest absolute Gasteiger partial charge is 0.306 e. The SMILES string of the molecule is CCCCCCCCC/C=C\CCCCCCCCCC(=O)OC(COC(=O)CCCCCCCCCCC)COC(=O)CCCCCCCCCCCCCCCCCCCCCCCCCCCCCCCC. The van der Waals surface area contributed by atoms with Crippen LogP contribution in [0.4, 0.5) is 0 Å². The Morgan fingerprint density at radius 3 is 0.667 bits per heavy atom. The highest BCUT2D eigenvalue weighted by Crippen LogP contribution is 2.19. The van der Waals surface area contributed by atoms with Gasteiger partial charge in [-0.15, -0.1) is 0 Å². The second-order valence-electron chi connectivity index (χ2n) is 23.5. The van der Waals surface area contributed by atoms with Crippen molar-refractivity contribution < 1.29 is 28.6 Å². The monoisotopic (exact) mass is 1060 g/mol. The van der Waals surface area contributed by atoms with E-state index in [0.717, 1.165) is 57.8 Å². The first-order valence-corrected chi connectivity index (χ1v) is 34.2. The molecular formula is C69H132O6. The molecule has 444 valence electrons. The molecule has 0 aliphatic carbocycles. The van der Waals surface area contributed by atoms with Gasteiger partial charge >= 0.3 is 17.9 Å². The van der Waals surface area contributed by atoms with Gasteiger partial charge in [0.25, 0.3) is 0 Å². The molecule has 0 amide bonds. The third-order valence-corrected chi connectivity index (χ3v) is 15.8. The summed E-state index contributed by atoms with van der Waals surface area (Å²) in [5, 5.41) is 0. The van der Waals surface area contributed by atoms with Crippen LogP contribution in [0.25, 0.3) is 0 Å². The molecule has 0 bridgehead atoms. The summed E-state index contributed by atoms with van der Waals surface area (Å²) < 4.78 is 16.9. The number of hydrogen-bond donors (Lipinski definition) is 0. The van der Waals surface area contributed by atoms with Crippen LogP contribution in [0.5, 0.6) is 0 Å². The maximum Gasteiger partial charge on any atom is 0.306 e. The van der Waals surface area contributed by atoms with Crippen molar-refractivity contribution in [2.75, 3.05) is 13.2 Å². The van der Waals surface area contributed by atoms with Crippen LogP contribution in [-0.2, 0) is 28.6 Å². The molecule has 0 saturated carbocycles. The first-order chi connectivity index (χ1) is 37.0. The molecule has 0 rings (SSSR count). The minimum atomic E-state index is -0.767. The van der Waals surface area contributed by atoms with Gasteiger partial charge in [-0.3, -0.25) is 14.4 Å². The lowest BCUT2D eigenvalue weighted by Gasteiger charge is -2.18. The van der Waals surface area contributed by atoms with Crippen molar-refractivity contribution in [1.29, 1.82) is 0 Å². The number of esters is 3. The van der Waals surface area contributed by atoms with E-state index in [1.165, 1.54) is 295 Å². The lowest BCUT2D eigenvalue weighted by atomic mass is 10.0. The van der Waals surface area contributed by atoms with Gasteiger partial charge in [0.05, 0.1) is 0 Å². The lowest BCUT2D eigenvalue weighted by Crippen LogP contribution is -2.30. The van der Waals surface area contributed by atoms with E-state index in [2.05, 4.69) is 32.9 Å². The van der Waals surface area contributed by atoms with Gasteiger partial charge < -0.3 is 14.2 Å². The Hall–Kier alpha value is -1.85. The van der Waals surface area contributed by atoms with Crippen molar-refractivity contribution in [3.8, 4) is 0 Å². The Morgan fingerprint density at radius 1 is 0.253 bits per heavy atom. The first-order valence-electron chi connectivity index (χ1n) is 34.2. The summed E-state index contributed by atoms with van der Waals surface area (Å²) in [6.45, 7) is 6.69. The molecule has 0 spiro atoms. The van der Waals surface area contributed by atoms with Crippen molar-refractivity contribution in [2.24, 2.45) is 0 Å². The van der Waals surface area contributed by atoms with Crippen molar-refractivity contribution in [2.45, 2.75) is 399 Å². The Bertz CT molecular complexity index is 1170. The zero-order chi connectivity index (χ0) is 54.3. The number of unbranched alkanes of at least 4 members (excludes halogenated alkanes) is 51. The molecule has 0 radical (unpaired) electrons. The standard InChI is InChI=1S/C69H132O6/c1-4-7-10-13-16-19-21-23-25-27-29-30-31-32-33-34-35-36-37-38-39-40-42-43-45-47-50-53-56-59-62-68(71)74-65-66(64-73-67(70)61-58-55-52-49-18-15-12-9-6-3)75-69(72)63-60-57-54-51-48-46-44-41-28-26-24-22-20-17-14-11-8-5-2/h26,28,66H,4-25,27,29-65H2,1-3H3/b28-26-. The minimum absolute atomic E-state index is 0.0657. The third-order valence-electron chi connectivity index (χ3n) is 15.8. The maximum atomic E-state index is 12.9. The second-order valence-corrected chi connectivity index (χ2v) is 23.5. The summed E-state index contributed by atoms with van der Waals surface area (Å²) >= 11 is 0. The zero-order valence-corrected chi connectivity index (χ0v) is 51.1. The number of hydrogen-bond acceptors (Lipinski definition) is 6. The average molecular weight is 1060 g/mol. The summed E-state index contributed by atoms with van der Waals surface area (Å²) in [5.41, 5.74) is 0. The summed E-state index contributed by atoms with van der Waals surface area (Å²) in [5.74, 6) is -0.844. The fourth-order valence-corrected chi connectivity index (χ4v) is 10.6. The van der Waals surface area contributed by atoms with Gasteiger partial charge in [0.1, 0.15) is 13.2 Å². The minimum Gasteiger partial charge on any atom is -0.462 e. The summed E-state index contributed by atoms with van der Waals surface area (Å²) in [7, 11) is 0. The highest BCUT2D eigenvalue weighted by atomic mass is 16.6. The highest BCUT2D eigenvalue weighted by Gasteiger charge is 2.19. The lowest BCUT2D eigenvalue weighted by molar-refractivity contribution is -0.167. The fraction of sp³-hybridized carbons (Fsp3) is 0.928. The Morgan fingerprint density at radius 2 is 0.440 bits per heavy atom. The van der Waals surface area contributed by atoms with E-state index in [0.29, 0.717) is 19.3 Å². The molecule has 1 unspecified atom stereocenters. The molecule has 0 aromatic heterocycles. The number of rotatable bonds is 64. The maximum absolute atomic E-state index is 12.9. The van der Waals surface area contributed by atoms with E-state index in [4.69, 9.17) is 14.2 Å². The average Bonchev–Trinajstić information content (AvgIpc) is 3.41. The zero-order valence-electron chi connectivity index (χ0n) is 51.1. The third kappa shape index (κ3) is 62.9. The van der Waals surface area contributed by atoms with Crippen molar-refractivity contribution >= 4 is 17.9 Å². The van der Waals surface area contributed by atoms with E-state index in [1.807, 2.05) is 0 Å². The number of allylic oxidation sites excluding steroid dienone is 2. The molecule has 6 nitrogen and oxygen atoms in total. The highest BCUT2D eigenvalue weighted by molar-refractivity contribution is 5.71. The molecule has 0 heterocycles. The van der Waals surface area contributed by atoms with Crippen LogP contribution in [0.3, 0.4) is 0 Å². The van der Waals surface area contributed by atoms with E-state index in [-0.39, 0.29) is 31.1 Å². The van der Waals surface area contributed by atoms with Crippen LogP contribution in [-0.4, -0.2) is 37.2 Å². The molecule has 6 heteroatoms. The number of ether oxygens (including phenoxy) is 3. The van der Waals surface area contributed by atoms with Crippen molar-refractivity contribution in [3.05, 3.63) is 12.2 Å². The van der Waals surface area contributed by atoms with E-state index < -0.39 is 6.10 Å². The van der Waals surface area contributed by atoms with E-state index in [9.17, 15) is 14.4 Å². The predicted octanol–water partition coefficient (Wildman–Crippen LogP) is 23.2. The molecule has 0 aromatic carbocycles. The van der Waals surface area contributed by atoms with Gasteiger partial charge in [0.15, 0.2) is 6.10 Å². The fourth-order valence-electron chi connectivity index (χ4n) is 10.6. The molecular weight excluding hydrogens is 925 g/mol. The van der Waals surface area contributed by atoms with E-state index >= 15 is 0 Å². The van der Waals surface area contributed by atoms with Gasteiger partial charge in [0, 0.05) is 19.3 Å². The predicted molar refractivity (Wildman–Crippen MR) is 326 cm³/mol. The van der Waals surface area contributed by atoms with E-state index in [1.54, 1.807) is 0 Å². The molecule has 75 heavy (non-hydrogen) atoms. The van der Waals surface area contributed by atoms with Crippen LogP contribution in [0, 0.1) is 0 Å². The second kappa shape index (κ2) is 64.7. The van der Waals surface area contributed by atoms with Crippen LogP contribution < -0.4 is 0 Å². The van der Waals surface area contributed by atoms with Gasteiger partial charge in [-0.25, -0.2) is 0 Å².